The Morgan fingerprint density at radius 1 is 1.23 bits per heavy atom. The summed E-state index contributed by atoms with van der Waals surface area (Å²) in [5.41, 5.74) is 0.636. The molecule has 0 spiro atoms. The number of rotatable bonds is 6. The minimum atomic E-state index is -4.41. The molecule has 0 saturated heterocycles. The van der Waals surface area contributed by atoms with Crippen molar-refractivity contribution in [3.63, 3.8) is 0 Å². The molecule has 10 heteroatoms. The summed E-state index contributed by atoms with van der Waals surface area (Å²) in [6.45, 7) is 1.83. The van der Waals surface area contributed by atoms with E-state index in [9.17, 15) is 23.5 Å². The van der Waals surface area contributed by atoms with Crippen LogP contribution in [0.3, 0.4) is 0 Å². The molecule has 1 atom stereocenters. The van der Waals surface area contributed by atoms with Gasteiger partial charge in [-0.1, -0.05) is 18.6 Å². The second-order valence-electron chi connectivity index (χ2n) is 7.77. The van der Waals surface area contributed by atoms with Crippen molar-refractivity contribution in [3.8, 4) is 6.07 Å². The molecule has 162 valence electrons. The molecule has 1 aliphatic rings. The van der Waals surface area contributed by atoms with Crippen LogP contribution in [0.4, 0.5) is 19.0 Å². The van der Waals surface area contributed by atoms with Gasteiger partial charge in [0.05, 0.1) is 5.56 Å². The van der Waals surface area contributed by atoms with E-state index in [0.717, 1.165) is 25.0 Å². The van der Waals surface area contributed by atoms with Gasteiger partial charge in [-0.25, -0.2) is 4.98 Å². The molecular weight excluding hydrogens is 409 g/mol. The minimum absolute atomic E-state index is 0.0421. The average molecular weight is 430 g/mol. The molecule has 2 N–H and O–H groups in total. The highest BCUT2D eigenvalue weighted by Crippen LogP contribution is 2.33. The van der Waals surface area contributed by atoms with Crippen LogP contribution in [-0.2, 0) is 19.3 Å². The Morgan fingerprint density at radius 3 is 2.48 bits per heavy atom. The van der Waals surface area contributed by atoms with E-state index in [2.05, 4.69) is 20.3 Å². The summed E-state index contributed by atoms with van der Waals surface area (Å²) in [5.74, 6) is 1.18. The third kappa shape index (κ3) is 4.18. The van der Waals surface area contributed by atoms with Crippen molar-refractivity contribution in [2.24, 2.45) is 5.92 Å². The molecule has 3 aromatic rings. The molecule has 2 heterocycles. The van der Waals surface area contributed by atoms with Gasteiger partial charge < -0.3 is 15.0 Å². The smallest absolute Gasteiger partial charge is 0.388 e. The fourth-order valence-electron chi connectivity index (χ4n) is 3.78. The standard InChI is InChI=1S/C21H21F3N6O/c1-12(14-3-2-4-14)26-19-18-20(28-16(9-25)27-19)29-17(11-31)30(18)10-13-5-7-15(8-6-13)21(22,23)24/h5-8,12,14,31H,2-4,10-11H2,1H3,(H,26,27,28). The third-order valence-electron chi connectivity index (χ3n) is 5.77. The molecule has 1 aromatic carbocycles. The van der Waals surface area contributed by atoms with Crippen molar-refractivity contribution in [2.75, 3.05) is 5.32 Å². The van der Waals surface area contributed by atoms with Crippen LogP contribution in [0.1, 0.15) is 49.0 Å². The largest absolute Gasteiger partial charge is 0.416 e. The van der Waals surface area contributed by atoms with Crippen LogP contribution in [0.5, 0.6) is 0 Å². The topological polar surface area (TPSA) is 99.7 Å². The molecule has 4 rings (SSSR count). The number of anilines is 1. The summed E-state index contributed by atoms with van der Waals surface area (Å²) < 4.78 is 40.3. The molecule has 0 bridgehead atoms. The van der Waals surface area contributed by atoms with Crippen LogP contribution in [-0.4, -0.2) is 30.7 Å². The van der Waals surface area contributed by atoms with Gasteiger partial charge >= 0.3 is 6.18 Å². The number of hydrogen-bond donors (Lipinski definition) is 2. The fraction of sp³-hybridized carbons (Fsp3) is 0.429. The molecular formula is C21H21F3N6O. The van der Waals surface area contributed by atoms with Crippen LogP contribution in [0.2, 0.25) is 0 Å². The second-order valence-corrected chi connectivity index (χ2v) is 7.77. The van der Waals surface area contributed by atoms with Crippen LogP contribution in [0.25, 0.3) is 11.2 Å². The monoisotopic (exact) mass is 430 g/mol. The first kappa shape index (κ1) is 21.1. The highest BCUT2D eigenvalue weighted by atomic mass is 19.4. The number of halogens is 3. The van der Waals surface area contributed by atoms with Gasteiger partial charge in [0.1, 0.15) is 24.0 Å². The Balaban J connectivity index is 1.75. The van der Waals surface area contributed by atoms with Gasteiger partial charge in [-0.15, -0.1) is 0 Å². The van der Waals surface area contributed by atoms with Gasteiger partial charge in [0, 0.05) is 12.6 Å². The maximum atomic E-state index is 12.9. The Kier molecular flexibility index (Phi) is 5.54. The molecule has 1 fully saturated rings. The first-order valence-corrected chi connectivity index (χ1v) is 10.0. The molecule has 0 aliphatic heterocycles. The number of aromatic nitrogens is 4. The molecule has 0 radical (unpaired) electrons. The molecule has 1 aliphatic carbocycles. The van der Waals surface area contributed by atoms with E-state index >= 15 is 0 Å². The molecule has 1 unspecified atom stereocenters. The summed E-state index contributed by atoms with van der Waals surface area (Å²) >= 11 is 0. The number of imidazole rings is 1. The first-order chi connectivity index (χ1) is 14.8. The summed E-state index contributed by atoms with van der Waals surface area (Å²) in [6, 6.07) is 6.87. The number of nitrogens with zero attached hydrogens (tertiary/aromatic N) is 5. The number of nitrogens with one attached hydrogen (secondary N) is 1. The molecule has 0 amide bonds. The molecule has 1 saturated carbocycles. The van der Waals surface area contributed by atoms with E-state index in [1.165, 1.54) is 18.6 Å². The zero-order chi connectivity index (χ0) is 22.2. The lowest BCUT2D eigenvalue weighted by molar-refractivity contribution is -0.137. The third-order valence-corrected chi connectivity index (χ3v) is 5.77. The Bertz CT molecular complexity index is 1130. The second kappa shape index (κ2) is 8.15. The fourth-order valence-corrected chi connectivity index (χ4v) is 3.78. The zero-order valence-corrected chi connectivity index (χ0v) is 16.8. The average Bonchev–Trinajstić information content (AvgIpc) is 3.03. The summed E-state index contributed by atoms with van der Waals surface area (Å²) in [7, 11) is 0. The van der Waals surface area contributed by atoms with E-state index in [-0.39, 0.29) is 24.1 Å². The van der Waals surface area contributed by atoms with Crippen LogP contribution >= 0.6 is 0 Å². The normalized spacial score (nSPS) is 15.5. The summed E-state index contributed by atoms with van der Waals surface area (Å²) in [6.07, 6.45) is -1.01. The Hall–Kier alpha value is -3.19. The predicted octanol–water partition coefficient (Wildman–Crippen LogP) is 3.86. The quantitative estimate of drug-likeness (QED) is 0.616. The van der Waals surface area contributed by atoms with Crippen molar-refractivity contribution in [1.82, 2.24) is 19.5 Å². The van der Waals surface area contributed by atoms with Gasteiger partial charge in [0.25, 0.3) is 0 Å². The number of aliphatic hydroxyl groups is 1. The van der Waals surface area contributed by atoms with Crippen molar-refractivity contribution in [1.29, 1.82) is 5.26 Å². The first-order valence-electron chi connectivity index (χ1n) is 10.0. The molecule has 7 nitrogen and oxygen atoms in total. The summed E-state index contributed by atoms with van der Waals surface area (Å²) in [5, 5.41) is 22.5. The Morgan fingerprint density at radius 2 is 1.94 bits per heavy atom. The predicted molar refractivity (Wildman–Crippen MR) is 107 cm³/mol. The number of hydrogen-bond acceptors (Lipinski definition) is 6. The number of nitriles is 1. The van der Waals surface area contributed by atoms with Gasteiger partial charge in [-0.05, 0) is 43.4 Å². The van der Waals surface area contributed by atoms with Gasteiger partial charge in [0.2, 0.25) is 5.82 Å². The van der Waals surface area contributed by atoms with E-state index in [4.69, 9.17) is 0 Å². The van der Waals surface area contributed by atoms with E-state index in [1.807, 2.05) is 13.0 Å². The van der Waals surface area contributed by atoms with Crippen LogP contribution < -0.4 is 5.32 Å². The maximum Gasteiger partial charge on any atom is 0.416 e. The lowest BCUT2D eigenvalue weighted by Gasteiger charge is -2.32. The highest BCUT2D eigenvalue weighted by molar-refractivity contribution is 5.84. The SMILES string of the molecule is CC(Nc1nc(C#N)nc2nc(CO)n(Cc3ccc(C(F)(F)F)cc3)c12)C1CCC1. The van der Waals surface area contributed by atoms with Gasteiger partial charge in [-0.3, -0.25) is 0 Å². The van der Waals surface area contributed by atoms with Gasteiger partial charge in [0.15, 0.2) is 11.5 Å². The highest BCUT2D eigenvalue weighted by Gasteiger charge is 2.30. The van der Waals surface area contributed by atoms with E-state index in [1.54, 1.807) is 4.57 Å². The maximum absolute atomic E-state index is 12.9. The zero-order valence-electron chi connectivity index (χ0n) is 16.8. The lowest BCUT2D eigenvalue weighted by atomic mass is 9.80. The number of alkyl halides is 3. The molecule has 2 aromatic heterocycles. The number of fused-ring (bicyclic) bond motifs is 1. The minimum Gasteiger partial charge on any atom is -0.388 e. The van der Waals surface area contributed by atoms with Crippen molar-refractivity contribution in [3.05, 3.63) is 47.0 Å². The van der Waals surface area contributed by atoms with Gasteiger partial charge in [-0.2, -0.15) is 28.4 Å². The van der Waals surface area contributed by atoms with Crippen molar-refractivity contribution in [2.45, 2.75) is 51.6 Å². The van der Waals surface area contributed by atoms with Crippen LogP contribution in [0.15, 0.2) is 24.3 Å². The van der Waals surface area contributed by atoms with Crippen molar-refractivity contribution >= 4 is 17.0 Å². The summed E-state index contributed by atoms with van der Waals surface area (Å²) in [4.78, 5) is 12.8. The Labute approximate surface area is 176 Å². The molecule has 31 heavy (non-hydrogen) atoms. The van der Waals surface area contributed by atoms with Crippen molar-refractivity contribution < 1.29 is 18.3 Å². The lowest BCUT2D eigenvalue weighted by Crippen LogP contribution is -2.31. The van der Waals surface area contributed by atoms with Crippen LogP contribution in [0, 0.1) is 17.2 Å². The van der Waals surface area contributed by atoms with E-state index in [0.29, 0.717) is 28.6 Å². The number of aliphatic hydroxyl groups excluding tert-OH is 1. The van der Waals surface area contributed by atoms with E-state index < -0.39 is 18.3 Å². The number of benzene rings is 1.